The van der Waals surface area contributed by atoms with Crippen molar-refractivity contribution in [1.82, 2.24) is 0 Å². The molecule has 0 spiro atoms. The SMILES string of the molecule is CC(=O)O[C@@]1(O)CC[C@@H](/C(C)=C\C=C\C(C)(C)OO)[C@H]1[C@H]1C(=O)C=C[C@H]1C. The molecule has 150 valence electrons. The first-order valence-electron chi connectivity index (χ1n) is 9.33. The van der Waals surface area contributed by atoms with Gasteiger partial charge < -0.3 is 9.84 Å². The molecule has 2 aliphatic rings. The second kappa shape index (κ2) is 8.09. The first kappa shape index (κ1) is 21.5. The van der Waals surface area contributed by atoms with Gasteiger partial charge >= 0.3 is 5.97 Å². The molecule has 2 rings (SSSR count). The maximum absolute atomic E-state index is 12.5. The number of ether oxygens (including phenoxy) is 1. The smallest absolute Gasteiger partial charge is 0.305 e. The van der Waals surface area contributed by atoms with Crippen LogP contribution in [0.5, 0.6) is 0 Å². The average Bonchev–Trinajstić information content (AvgIpc) is 3.05. The molecule has 0 aromatic carbocycles. The number of aliphatic hydroxyl groups is 1. The largest absolute Gasteiger partial charge is 0.433 e. The molecule has 0 unspecified atom stereocenters. The Hall–Kier alpha value is -1.76. The van der Waals surface area contributed by atoms with E-state index in [9.17, 15) is 14.7 Å². The summed E-state index contributed by atoms with van der Waals surface area (Å²) in [6, 6.07) is 0. The van der Waals surface area contributed by atoms with Gasteiger partial charge in [0, 0.05) is 25.2 Å². The van der Waals surface area contributed by atoms with Crippen molar-refractivity contribution in [3.8, 4) is 0 Å². The summed E-state index contributed by atoms with van der Waals surface area (Å²) in [6.45, 7) is 8.58. The van der Waals surface area contributed by atoms with E-state index in [0.717, 1.165) is 5.57 Å². The molecule has 1 fully saturated rings. The Balaban J connectivity index is 2.34. The van der Waals surface area contributed by atoms with Gasteiger partial charge in [0.2, 0.25) is 5.79 Å². The third-order valence-electron chi connectivity index (χ3n) is 5.61. The molecule has 0 saturated heterocycles. The quantitative estimate of drug-likeness (QED) is 0.242. The molecule has 2 N–H and O–H groups in total. The van der Waals surface area contributed by atoms with Gasteiger partial charge in [0.25, 0.3) is 0 Å². The van der Waals surface area contributed by atoms with Gasteiger partial charge in [-0.1, -0.05) is 36.8 Å². The summed E-state index contributed by atoms with van der Waals surface area (Å²) in [7, 11) is 0. The third-order valence-corrected chi connectivity index (χ3v) is 5.61. The number of hydrogen-bond acceptors (Lipinski definition) is 6. The molecule has 0 amide bonds. The zero-order valence-electron chi connectivity index (χ0n) is 16.6. The highest BCUT2D eigenvalue weighted by atomic mass is 17.1. The molecule has 27 heavy (non-hydrogen) atoms. The lowest BCUT2D eigenvalue weighted by atomic mass is 9.73. The highest BCUT2D eigenvalue weighted by Gasteiger charge is 2.56. The minimum absolute atomic E-state index is 0.0322. The van der Waals surface area contributed by atoms with Crippen molar-refractivity contribution in [3.05, 3.63) is 36.0 Å². The van der Waals surface area contributed by atoms with Crippen molar-refractivity contribution in [2.45, 2.75) is 58.8 Å². The maximum Gasteiger partial charge on any atom is 0.305 e. The van der Waals surface area contributed by atoms with Crippen LogP contribution >= 0.6 is 0 Å². The Kier molecular flexibility index (Phi) is 6.45. The Labute approximate surface area is 160 Å². The van der Waals surface area contributed by atoms with Crippen molar-refractivity contribution < 1.29 is 29.6 Å². The van der Waals surface area contributed by atoms with E-state index >= 15 is 0 Å². The summed E-state index contributed by atoms with van der Waals surface area (Å²) >= 11 is 0. The van der Waals surface area contributed by atoms with Crippen LogP contribution in [0.3, 0.4) is 0 Å². The Morgan fingerprint density at radius 1 is 1.37 bits per heavy atom. The van der Waals surface area contributed by atoms with E-state index < -0.39 is 29.2 Å². The first-order valence-corrected chi connectivity index (χ1v) is 9.33. The molecule has 6 heteroatoms. The molecule has 5 atom stereocenters. The molecular weight excluding hydrogens is 348 g/mol. The second-order valence-electron chi connectivity index (χ2n) is 8.22. The number of carbonyl (C=O) groups is 2. The normalized spacial score (nSPS) is 34.6. The predicted octanol–water partition coefficient (Wildman–Crippen LogP) is 3.43. The summed E-state index contributed by atoms with van der Waals surface area (Å²) in [5.41, 5.74) is 0.157. The summed E-state index contributed by atoms with van der Waals surface area (Å²) in [5.74, 6) is -3.31. The molecule has 1 saturated carbocycles. The standard InChI is InChI=1S/C21H30O6/c1-13(7-6-11-20(4,5)27-25)16-10-12-21(24,26-15(3)22)19(16)18-14(2)8-9-17(18)23/h6-9,11,14,16,18-19,24-25H,10,12H2,1-5H3/b11-6+,13-7-/t14-,16+,18-,19+,21+/m1/s1. The number of allylic oxidation sites excluding steroid dienone is 5. The van der Waals surface area contributed by atoms with Crippen LogP contribution < -0.4 is 0 Å². The average molecular weight is 378 g/mol. The number of esters is 1. The van der Waals surface area contributed by atoms with Crippen LogP contribution in [0.25, 0.3) is 0 Å². The summed E-state index contributed by atoms with van der Waals surface area (Å²) in [5, 5.41) is 20.0. The highest BCUT2D eigenvalue weighted by molar-refractivity contribution is 5.95. The fourth-order valence-electron chi connectivity index (χ4n) is 4.26. The van der Waals surface area contributed by atoms with Gasteiger partial charge in [0.15, 0.2) is 5.78 Å². The van der Waals surface area contributed by atoms with Crippen LogP contribution in [0.1, 0.15) is 47.5 Å². The number of ketones is 1. The number of carbonyl (C=O) groups excluding carboxylic acids is 2. The molecule has 0 aromatic rings. The molecule has 0 aliphatic heterocycles. The van der Waals surface area contributed by atoms with E-state index in [2.05, 4.69) is 4.89 Å². The van der Waals surface area contributed by atoms with Gasteiger partial charge in [-0.3, -0.25) is 14.8 Å². The minimum Gasteiger partial charge on any atom is -0.433 e. The van der Waals surface area contributed by atoms with Gasteiger partial charge in [-0.25, -0.2) is 4.89 Å². The third kappa shape index (κ3) is 4.75. The van der Waals surface area contributed by atoms with E-state index in [1.165, 1.54) is 6.92 Å². The molecule has 0 radical (unpaired) electrons. The predicted molar refractivity (Wildman–Crippen MR) is 100 cm³/mol. The van der Waals surface area contributed by atoms with Crippen LogP contribution in [0.15, 0.2) is 36.0 Å². The Morgan fingerprint density at radius 2 is 2.04 bits per heavy atom. The van der Waals surface area contributed by atoms with E-state index in [1.54, 1.807) is 32.1 Å². The Bertz CT molecular complexity index is 674. The monoisotopic (exact) mass is 378 g/mol. The van der Waals surface area contributed by atoms with Crippen molar-refractivity contribution in [1.29, 1.82) is 0 Å². The van der Waals surface area contributed by atoms with E-state index in [0.29, 0.717) is 12.8 Å². The lowest BCUT2D eigenvalue weighted by Crippen LogP contribution is -2.46. The van der Waals surface area contributed by atoms with Gasteiger partial charge in [-0.15, -0.1) is 0 Å². The van der Waals surface area contributed by atoms with Gasteiger partial charge in [-0.2, -0.15) is 0 Å². The van der Waals surface area contributed by atoms with E-state index in [1.807, 2.05) is 26.0 Å². The molecule has 0 heterocycles. The summed E-state index contributed by atoms with van der Waals surface area (Å²) < 4.78 is 5.32. The maximum atomic E-state index is 12.5. The zero-order valence-corrected chi connectivity index (χ0v) is 16.6. The van der Waals surface area contributed by atoms with Gasteiger partial charge in [0.05, 0.1) is 0 Å². The van der Waals surface area contributed by atoms with Crippen LogP contribution in [0.2, 0.25) is 0 Å². The van der Waals surface area contributed by atoms with Gasteiger partial charge in [0.1, 0.15) is 5.60 Å². The van der Waals surface area contributed by atoms with E-state index in [4.69, 9.17) is 9.99 Å². The van der Waals surface area contributed by atoms with Crippen molar-refractivity contribution in [3.63, 3.8) is 0 Å². The topological polar surface area (TPSA) is 93.1 Å². The minimum atomic E-state index is -1.65. The van der Waals surface area contributed by atoms with E-state index in [-0.39, 0.29) is 17.6 Å². The molecule has 0 aromatic heterocycles. The van der Waals surface area contributed by atoms with Crippen LogP contribution in [0.4, 0.5) is 0 Å². The fourth-order valence-corrected chi connectivity index (χ4v) is 4.26. The van der Waals surface area contributed by atoms with Crippen molar-refractivity contribution >= 4 is 11.8 Å². The van der Waals surface area contributed by atoms with Gasteiger partial charge in [-0.05, 0) is 45.1 Å². The zero-order chi connectivity index (χ0) is 20.4. The summed E-state index contributed by atoms with van der Waals surface area (Å²) in [6.07, 6.45) is 9.68. The number of hydrogen-bond donors (Lipinski definition) is 2. The molecule has 2 aliphatic carbocycles. The van der Waals surface area contributed by atoms with Crippen LogP contribution in [0, 0.1) is 23.7 Å². The lowest BCUT2D eigenvalue weighted by molar-refractivity contribution is -0.297. The lowest BCUT2D eigenvalue weighted by Gasteiger charge is -2.37. The summed E-state index contributed by atoms with van der Waals surface area (Å²) in [4.78, 5) is 28.4. The van der Waals surface area contributed by atoms with Crippen molar-refractivity contribution in [2.24, 2.45) is 23.7 Å². The molecule has 0 bridgehead atoms. The number of rotatable bonds is 6. The fraction of sp³-hybridized carbons (Fsp3) is 0.619. The molecule has 6 nitrogen and oxygen atoms in total. The first-order chi connectivity index (χ1) is 12.5. The van der Waals surface area contributed by atoms with Crippen LogP contribution in [-0.4, -0.2) is 33.5 Å². The second-order valence-corrected chi connectivity index (χ2v) is 8.22. The Morgan fingerprint density at radius 3 is 2.56 bits per heavy atom. The molecular formula is C21H30O6. The highest BCUT2D eigenvalue weighted by Crippen LogP contribution is 2.51. The van der Waals surface area contributed by atoms with Crippen LogP contribution in [-0.2, 0) is 19.2 Å². The van der Waals surface area contributed by atoms with Crippen molar-refractivity contribution in [2.75, 3.05) is 0 Å².